The van der Waals surface area contributed by atoms with Crippen LogP contribution in [0.5, 0.6) is 0 Å². The first-order valence-corrected chi connectivity index (χ1v) is 3.25. The molecular formula is C5H10N2S. The van der Waals surface area contributed by atoms with E-state index in [1.54, 1.807) is 0 Å². The van der Waals surface area contributed by atoms with Gasteiger partial charge in [-0.1, -0.05) is 12.2 Å². The lowest BCUT2D eigenvalue weighted by Crippen LogP contribution is -2.43. The van der Waals surface area contributed by atoms with Crippen molar-refractivity contribution in [3.63, 3.8) is 0 Å². The second kappa shape index (κ2) is 2.42. The zero-order valence-electron chi connectivity index (χ0n) is 4.68. The minimum Gasteiger partial charge on any atom is -0.365 e. The number of thiocarbonyl (C=S) groups is 1. The van der Waals surface area contributed by atoms with Crippen LogP contribution >= 0.6 is 12.2 Å². The molecule has 0 aromatic rings. The molecule has 0 saturated carbocycles. The fourth-order valence-corrected chi connectivity index (χ4v) is 1.13. The summed E-state index contributed by atoms with van der Waals surface area (Å²) in [6, 6.07) is 0. The normalized spacial score (nSPS) is 29.6. The van der Waals surface area contributed by atoms with Crippen molar-refractivity contribution in [3.05, 3.63) is 0 Å². The summed E-state index contributed by atoms with van der Waals surface area (Å²) in [6.07, 6.45) is 3.34. The van der Waals surface area contributed by atoms with Crippen LogP contribution in [0.25, 0.3) is 0 Å². The van der Waals surface area contributed by atoms with E-state index in [4.69, 9.17) is 18.0 Å². The van der Waals surface area contributed by atoms with Crippen LogP contribution in [0.4, 0.5) is 0 Å². The molecule has 0 radical (unpaired) electrons. The molecule has 1 saturated heterocycles. The highest BCUT2D eigenvalue weighted by Gasteiger charge is 2.09. The third-order valence-corrected chi connectivity index (χ3v) is 1.59. The second-order valence-electron chi connectivity index (χ2n) is 2.07. The summed E-state index contributed by atoms with van der Waals surface area (Å²) in [5.41, 5.74) is 5.53. The van der Waals surface area contributed by atoms with E-state index in [1.165, 1.54) is 0 Å². The fraction of sp³-hybridized carbons (Fsp3) is 0.800. The minimum absolute atomic E-state index is 0.122. The van der Waals surface area contributed by atoms with E-state index in [9.17, 15) is 0 Å². The first-order chi connectivity index (χ1) is 3.79. The van der Waals surface area contributed by atoms with Gasteiger partial charge in [0.15, 0.2) is 0 Å². The highest BCUT2D eigenvalue weighted by atomic mass is 32.1. The molecule has 1 heterocycles. The molecule has 0 spiro atoms. The largest absolute Gasteiger partial charge is 0.365 e. The zero-order valence-corrected chi connectivity index (χ0v) is 5.50. The van der Waals surface area contributed by atoms with Gasteiger partial charge < -0.3 is 11.1 Å². The predicted octanol–water partition coefficient (Wildman–Crippen LogP) is 0.372. The van der Waals surface area contributed by atoms with Crippen molar-refractivity contribution in [2.45, 2.75) is 25.4 Å². The summed E-state index contributed by atoms with van der Waals surface area (Å²) in [5, 5.41) is 2.99. The molecule has 0 bridgehead atoms. The highest BCUT2D eigenvalue weighted by molar-refractivity contribution is 7.80. The first kappa shape index (κ1) is 5.98. The number of rotatable bonds is 0. The van der Waals surface area contributed by atoms with Crippen LogP contribution in [0, 0.1) is 0 Å². The van der Waals surface area contributed by atoms with Crippen molar-refractivity contribution in [2.24, 2.45) is 5.73 Å². The van der Waals surface area contributed by atoms with E-state index in [0.29, 0.717) is 0 Å². The third kappa shape index (κ3) is 1.42. The Hall–Kier alpha value is -0.150. The second-order valence-corrected chi connectivity index (χ2v) is 2.56. The van der Waals surface area contributed by atoms with Crippen LogP contribution in [0.1, 0.15) is 19.3 Å². The molecule has 2 nitrogen and oxygen atoms in total. The Morgan fingerprint density at radius 2 is 2.50 bits per heavy atom. The van der Waals surface area contributed by atoms with Gasteiger partial charge >= 0.3 is 0 Å². The lowest BCUT2D eigenvalue weighted by molar-refractivity contribution is 0.527. The molecule has 46 valence electrons. The van der Waals surface area contributed by atoms with Gasteiger partial charge in [-0.05, 0) is 19.3 Å². The number of hydrogen-bond acceptors (Lipinski definition) is 2. The molecule has 1 aliphatic rings. The molecule has 1 aliphatic heterocycles. The monoisotopic (exact) mass is 130 g/mol. The molecule has 3 N–H and O–H groups in total. The SMILES string of the molecule is NC1CCCC(=S)N1. The van der Waals surface area contributed by atoms with Crippen molar-refractivity contribution in [1.29, 1.82) is 0 Å². The molecular weight excluding hydrogens is 120 g/mol. The molecule has 0 aliphatic carbocycles. The molecule has 1 rings (SSSR count). The average molecular weight is 130 g/mol. The lowest BCUT2D eigenvalue weighted by atomic mass is 10.1. The van der Waals surface area contributed by atoms with Gasteiger partial charge in [-0.2, -0.15) is 0 Å². The Morgan fingerprint density at radius 3 is 2.88 bits per heavy atom. The maximum absolute atomic E-state index is 5.53. The van der Waals surface area contributed by atoms with Gasteiger partial charge in [-0.15, -0.1) is 0 Å². The highest BCUT2D eigenvalue weighted by Crippen LogP contribution is 2.04. The van der Waals surface area contributed by atoms with Crippen LogP contribution in [0.2, 0.25) is 0 Å². The van der Waals surface area contributed by atoms with Crippen LogP contribution in [-0.4, -0.2) is 11.2 Å². The standard InChI is InChI=1S/C5H10N2S/c6-4-2-1-3-5(8)7-4/h4H,1-3,6H2,(H,7,8). The fourth-order valence-electron chi connectivity index (χ4n) is 0.834. The predicted molar refractivity (Wildman–Crippen MR) is 37.6 cm³/mol. The first-order valence-electron chi connectivity index (χ1n) is 2.84. The zero-order chi connectivity index (χ0) is 5.98. The molecule has 0 amide bonds. The summed E-state index contributed by atoms with van der Waals surface area (Å²) in [5.74, 6) is 0. The van der Waals surface area contributed by atoms with E-state index in [2.05, 4.69) is 5.32 Å². The number of nitrogens with two attached hydrogens (primary N) is 1. The van der Waals surface area contributed by atoms with Crippen LogP contribution in [-0.2, 0) is 0 Å². The maximum atomic E-state index is 5.53. The smallest absolute Gasteiger partial charge is 0.0765 e. The van der Waals surface area contributed by atoms with E-state index in [-0.39, 0.29) is 6.17 Å². The van der Waals surface area contributed by atoms with Gasteiger partial charge in [-0.3, -0.25) is 0 Å². The van der Waals surface area contributed by atoms with Gasteiger partial charge in [0.05, 0.1) is 11.2 Å². The summed E-state index contributed by atoms with van der Waals surface area (Å²) >= 11 is 4.89. The summed E-state index contributed by atoms with van der Waals surface area (Å²) < 4.78 is 0. The van der Waals surface area contributed by atoms with Gasteiger partial charge in [0.2, 0.25) is 0 Å². The van der Waals surface area contributed by atoms with Gasteiger partial charge in [0, 0.05) is 0 Å². The third-order valence-electron chi connectivity index (χ3n) is 1.27. The van der Waals surface area contributed by atoms with Crippen LogP contribution in [0.15, 0.2) is 0 Å². The van der Waals surface area contributed by atoms with Crippen molar-refractivity contribution in [2.75, 3.05) is 0 Å². The Bertz CT molecular complexity index is 103. The van der Waals surface area contributed by atoms with E-state index in [1.807, 2.05) is 0 Å². The Kier molecular flexibility index (Phi) is 1.81. The number of nitrogens with one attached hydrogen (secondary N) is 1. The topological polar surface area (TPSA) is 38.0 Å². The average Bonchev–Trinajstić information content (AvgIpc) is 1.64. The van der Waals surface area contributed by atoms with Gasteiger partial charge in [-0.25, -0.2) is 0 Å². The molecule has 1 fully saturated rings. The van der Waals surface area contributed by atoms with E-state index >= 15 is 0 Å². The Labute approximate surface area is 54.4 Å². The van der Waals surface area contributed by atoms with E-state index < -0.39 is 0 Å². The summed E-state index contributed by atoms with van der Waals surface area (Å²) in [7, 11) is 0. The molecule has 1 atom stereocenters. The molecule has 3 heteroatoms. The van der Waals surface area contributed by atoms with E-state index in [0.717, 1.165) is 24.3 Å². The van der Waals surface area contributed by atoms with Crippen molar-refractivity contribution < 1.29 is 0 Å². The molecule has 0 aromatic carbocycles. The molecule has 8 heavy (non-hydrogen) atoms. The Balaban J connectivity index is 2.34. The van der Waals surface area contributed by atoms with Crippen LogP contribution < -0.4 is 11.1 Å². The van der Waals surface area contributed by atoms with Gasteiger partial charge in [0.1, 0.15) is 0 Å². The van der Waals surface area contributed by atoms with Gasteiger partial charge in [0.25, 0.3) is 0 Å². The number of hydrogen-bond donors (Lipinski definition) is 2. The van der Waals surface area contributed by atoms with Crippen molar-refractivity contribution >= 4 is 17.2 Å². The maximum Gasteiger partial charge on any atom is 0.0765 e. The lowest BCUT2D eigenvalue weighted by Gasteiger charge is -2.20. The van der Waals surface area contributed by atoms with Crippen molar-refractivity contribution in [3.8, 4) is 0 Å². The summed E-state index contributed by atoms with van der Waals surface area (Å²) in [4.78, 5) is 0.920. The summed E-state index contributed by atoms with van der Waals surface area (Å²) in [6.45, 7) is 0. The minimum atomic E-state index is 0.122. The number of piperidine rings is 1. The van der Waals surface area contributed by atoms with Crippen molar-refractivity contribution in [1.82, 2.24) is 5.32 Å². The molecule has 0 aromatic heterocycles. The van der Waals surface area contributed by atoms with Crippen LogP contribution in [0.3, 0.4) is 0 Å². The quantitative estimate of drug-likeness (QED) is 0.465. The molecule has 1 unspecified atom stereocenters. The Morgan fingerprint density at radius 1 is 1.75 bits per heavy atom.